The Kier molecular flexibility index (Phi) is 47.7. The average molecular weight is 164 g/mol. The molecule has 0 heterocycles. The molecule has 0 aromatic carbocycles. The summed E-state index contributed by atoms with van der Waals surface area (Å²) in [5.41, 5.74) is 0. The minimum absolute atomic E-state index is 1.42. The van der Waals surface area contributed by atoms with Crippen molar-refractivity contribution in [1.29, 1.82) is 0 Å². The molecule has 0 N–H and O–H groups in total. The van der Waals surface area contributed by atoms with E-state index in [1.165, 1.54) is 14.1 Å². The molecule has 0 aromatic rings. The van der Waals surface area contributed by atoms with Crippen LogP contribution in [0.3, 0.4) is 0 Å². The molecule has 12 heavy (non-hydrogen) atoms. The van der Waals surface area contributed by atoms with Crippen molar-refractivity contribution in [3.63, 3.8) is 0 Å². The topological polar surface area (TPSA) is 8.72 Å². The first-order valence-electron chi connectivity index (χ1n) is 3.50. The summed E-state index contributed by atoms with van der Waals surface area (Å²) in [6, 6.07) is 0. The van der Waals surface area contributed by atoms with Crippen molar-refractivity contribution in [1.82, 2.24) is 0 Å². The summed E-state index contributed by atoms with van der Waals surface area (Å²) in [5.74, 6) is 0. The van der Waals surface area contributed by atoms with Crippen molar-refractivity contribution in [3.05, 3.63) is 47.1 Å². The van der Waals surface area contributed by atoms with Gasteiger partial charge in [0.2, 0.25) is 14.1 Å². The van der Waals surface area contributed by atoms with Gasteiger partial charge in [0.15, 0.2) is 0 Å². The van der Waals surface area contributed by atoms with Gasteiger partial charge < -0.3 is 9.69 Å². The van der Waals surface area contributed by atoms with E-state index in [1.807, 2.05) is 38.2 Å². The third-order valence-corrected chi connectivity index (χ3v) is 0.496. The molecular formula is C10H16N2. The number of allylic oxidation sites excluding steroid dienone is 4. The molecule has 0 aliphatic heterocycles. The quantitative estimate of drug-likeness (QED) is 0.415. The van der Waals surface area contributed by atoms with E-state index in [4.69, 9.17) is 13.1 Å². The lowest BCUT2D eigenvalue weighted by atomic mass is 10.5. The van der Waals surface area contributed by atoms with Gasteiger partial charge in [0.25, 0.3) is 0 Å². The summed E-state index contributed by atoms with van der Waals surface area (Å²) in [6.07, 6.45) is 8.00. The number of rotatable bonds is 1. The molecule has 0 bridgehead atoms. The van der Waals surface area contributed by atoms with Gasteiger partial charge in [0, 0.05) is 0 Å². The average Bonchev–Trinajstić information content (AvgIpc) is 2.04. The zero-order chi connectivity index (χ0) is 10.2. The van der Waals surface area contributed by atoms with Crippen molar-refractivity contribution in [2.24, 2.45) is 0 Å². The lowest BCUT2D eigenvalue weighted by Crippen LogP contribution is -1.40. The second kappa shape index (κ2) is 34.0. The molecule has 0 saturated heterocycles. The van der Waals surface area contributed by atoms with Crippen LogP contribution in [0.25, 0.3) is 9.69 Å². The van der Waals surface area contributed by atoms with E-state index in [0.29, 0.717) is 0 Å². The van der Waals surface area contributed by atoms with Crippen molar-refractivity contribution in [3.8, 4) is 0 Å². The van der Waals surface area contributed by atoms with E-state index in [-0.39, 0.29) is 0 Å². The Morgan fingerprint density at radius 2 is 1.00 bits per heavy atom. The van der Waals surface area contributed by atoms with Crippen LogP contribution in [-0.4, -0.2) is 14.1 Å². The molecule has 0 saturated carbocycles. The Balaban J connectivity index is -0.000000115. The van der Waals surface area contributed by atoms with Crippen molar-refractivity contribution in [2.75, 3.05) is 14.1 Å². The van der Waals surface area contributed by atoms with Gasteiger partial charge in [0.05, 0.1) is 0 Å². The molecule has 2 heteroatoms. The highest BCUT2D eigenvalue weighted by Crippen LogP contribution is 1.71. The predicted molar refractivity (Wildman–Crippen MR) is 54.7 cm³/mol. The smallest absolute Gasteiger partial charge is 0.205 e. The van der Waals surface area contributed by atoms with Crippen LogP contribution in [0.4, 0.5) is 0 Å². The molecule has 0 rings (SSSR count). The van der Waals surface area contributed by atoms with Crippen molar-refractivity contribution in [2.45, 2.75) is 13.8 Å². The maximum Gasteiger partial charge on any atom is 0.205 e. The molecule has 0 atom stereocenters. The highest BCUT2D eigenvalue weighted by atomic mass is 14.5. The Morgan fingerprint density at radius 3 is 1.08 bits per heavy atom. The normalized spacial score (nSPS) is 7.17. The maximum absolute atomic E-state index is 5.83. The molecule has 0 aliphatic rings. The van der Waals surface area contributed by atoms with Crippen LogP contribution in [0.15, 0.2) is 24.3 Å². The summed E-state index contributed by atoms with van der Waals surface area (Å²) in [4.78, 5) is 5.50. The number of hydrogen-bond donors (Lipinski definition) is 0. The van der Waals surface area contributed by atoms with Crippen LogP contribution in [0.1, 0.15) is 13.8 Å². The lowest BCUT2D eigenvalue weighted by molar-refractivity contribution is 1.69. The van der Waals surface area contributed by atoms with Gasteiger partial charge in [-0.15, -0.1) is 0 Å². The standard InChI is InChI=1S/C6H10.2C2H3N/c1-3-5-6-4-2;2*1-3-2/h3-6H,1-2H3;2*1H3/b5-3-,6-4-;;. The summed E-state index contributed by atoms with van der Waals surface area (Å²) >= 11 is 0. The zero-order valence-electron chi connectivity index (χ0n) is 8.20. The summed E-state index contributed by atoms with van der Waals surface area (Å²) in [5, 5.41) is 0. The van der Waals surface area contributed by atoms with Gasteiger partial charge in [-0.05, 0) is 13.8 Å². The monoisotopic (exact) mass is 164 g/mol. The van der Waals surface area contributed by atoms with Crippen LogP contribution >= 0.6 is 0 Å². The third-order valence-electron chi connectivity index (χ3n) is 0.496. The fraction of sp³-hybridized carbons (Fsp3) is 0.400. The molecule has 0 aromatic heterocycles. The Morgan fingerprint density at radius 1 is 0.833 bits per heavy atom. The third kappa shape index (κ3) is 221. The Labute approximate surface area is 75.9 Å². The Hall–Kier alpha value is -1.54. The first-order chi connectivity index (χ1) is 5.74. The highest BCUT2D eigenvalue weighted by molar-refractivity contribution is 4.98. The largest absolute Gasteiger partial charge is 0.320 e. The first-order valence-corrected chi connectivity index (χ1v) is 3.50. The lowest BCUT2D eigenvalue weighted by Gasteiger charge is -1.62. The second-order valence-electron chi connectivity index (χ2n) is 1.50. The summed E-state index contributed by atoms with van der Waals surface area (Å²) in [7, 11) is 2.83. The molecule has 66 valence electrons. The number of hydrogen-bond acceptors (Lipinski definition) is 0. The van der Waals surface area contributed by atoms with Gasteiger partial charge in [0.1, 0.15) is 0 Å². The van der Waals surface area contributed by atoms with Gasteiger partial charge in [-0.3, -0.25) is 0 Å². The molecule has 0 aliphatic carbocycles. The van der Waals surface area contributed by atoms with E-state index in [9.17, 15) is 0 Å². The fourth-order valence-electron chi connectivity index (χ4n) is 0.222. The van der Waals surface area contributed by atoms with Crippen LogP contribution < -0.4 is 0 Å². The van der Waals surface area contributed by atoms with Gasteiger partial charge in [-0.25, -0.2) is 13.1 Å². The molecule has 0 amide bonds. The minimum Gasteiger partial charge on any atom is -0.320 e. The van der Waals surface area contributed by atoms with Crippen LogP contribution in [-0.2, 0) is 0 Å². The van der Waals surface area contributed by atoms with E-state index in [2.05, 4.69) is 9.69 Å². The molecule has 0 radical (unpaired) electrons. The Bertz CT molecular complexity index is 155. The van der Waals surface area contributed by atoms with Crippen LogP contribution in [0, 0.1) is 13.1 Å². The molecule has 2 nitrogen and oxygen atoms in total. The zero-order valence-corrected chi connectivity index (χ0v) is 8.20. The maximum atomic E-state index is 5.83. The van der Waals surface area contributed by atoms with E-state index in [1.54, 1.807) is 0 Å². The second-order valence-corrected chi connectivity index (χ2v) is 1.50. The summed E-state index contributed by atoms with van der Waals surface area (Å²) < 4.78 is 0. The summed E-state index contributed by atoms with van der Waals surface area (Å²) in [6.45, 7) is 15.7. The highest BCUT2D eigenvalue weighted by Gasteiger charge is 1.48. The van der Waals surface area contributed by atoms with Gasteiger partial charge in [-0.2, -0.15) is 0 Å². The van der Waals surface area contributed by atoms with E-state index >= 15 is 0 Å². The molecule has 0 spiro atoms. The van der Waals surface area contributed by atoms with Crippen molar-refractivity contribution < 1.29 is 0 Å². The fourth-order valence-corrected chi connectivity index (χ4v) is 0.222. The SMILES string of the molecule is C/C=C\C=C/C.[C-]#[N+]C.[C-]#[N+]C. The predicted octanol–water partition coefficient (Wildman–Crippen LogP) is 3.21. The minimum atomic E-state index is 1.42. The van der Waals surface area contributed by atoms with Gasteiger partial charge >= 0.3 is 0 Å². The molecular weight excluding hydrogens is 148 g/mol. The van der Waals surface area contributed by atoms with E-state index < -0.39 is 0 Å². The van der Waals surface area contributed by atoms with Gasteiger partial charge in [-0.1, -0.05) is 24.3 Å². The van der Waals surface area contributed by atoms with E-state index in [0.717, 1.165) is 0 Å². The number of nitrogens with zero attached hydrogens (tertiary/aromatic N) is 2. The first kappa shape index (κ1) is 16.8. The molecule has 0 unspecified atom stereocenters. The van der Waals surface area contributed by atoms with Crippen LogP contribution in [0.2, 0.25) is 0 Å². The van der Waals surface area contributed by atoms with Crippen molar-refractivity contribution >= 4 is 0 Å². The van der Waals surface area contributed by atoms with Crippen LogP contribution in [0.5, 0.6) is 0 Å². The molecule has 0 fully saturated rings.